The number of Topliss-reactive ketones (excluding diaryl/α,β-unsaturated/α-hetero) is 1. The zero-order valence-corrected chi connectivity index (χ0v) is 18.1. The first-order valence-corrected chi connectivity index (χ1v) is 10.9. The van der Waals surface area contributed by atoms with Crippen molar-refractivity contribution >= 4 is 23.7 Å². The van der Waals surface area contributed by atoms with E-state index in [0.717, 1.165) is 24.8 Å². The van der Waals surface area contributed by atoms with Gasteiger partial charge < -0.3 is 20.7 Å². The minimum Gasteiger partial charge on any atom is -0.445 e. The number of ketones is 1. The predicted molar refractivity (Wildman–Crippen MR) is 114 cm³/mol. The molecule has 3 amide bonds. The fraction of sp³-hybridized carbons (Fsp3) is 0.565. The van der Waals surface area contributed by atoms with E-state index >= 15 is 0 Å². The van der Waals surface area contributed by atoms with Gasteiger partial charge in [0.25, 0.3) is 5.91 Å². The van der Waals surface area contributed by atoms with Crippen LogP contribution in [0, 0.1) is 17.8 Å². The number of fused-ring (bicyclic) bond motifs is 2. The summed E-state index contributed by atoms with van der Waals surface area (Å²) in [4.78, 5) is 50.0. The number of amides is 3. The van der Waals surface area contributed by atoms with Gasteiger partial charge >= 0.3 is 6.09 Å². The SMILES string of the molecule is CC(C)C(NC(=O)OCc1ccccc1)C(=O)NC1CC2CCC(CNC(=O)C1=O)C2. The summed E-state index contributed by atoms with van der Waals surface area (Å²) in [6.07, 6.45) is 2.67. The lowest BCUT2D eigenvalue weighted by Crippen LogP contribution is -2.55. The number of nitrogens with one attached hydrogen (secondary N) is 3. The van der Waals surface area contributed by atoms with Gasteiger partial charge in [-0.15, -0.1) is 0 Å². The van der Waals surface area contributed by atoms with Gasteiger partial charge in [-0.25, -0.2) is 4.79 Å². The maximum absolute atomic E-state index is 12.9. The molecule has 2 bridgehead atoms. The summed E-state index contributed by atoms with van der Waals surface area (Å²) in [5, 5.41) is 8.00. The molecule has 4 unspecified atom stereocenters. The highest BCUT2D eigenvalue weighted by Gasteiger charge is 2.37. The van der Waals surface area contributed by atoms with Crippen LogP contribution in [0.4, 0.5) is 4.79 Å². The number of carbonyl (C=O) groups excluding carboxylic acids is 4. The Labute approximate surface area is 182 Å². The van der Waals surface area contributed by atoms with Crippen LogP contribution in [-0.2, 0) is 25.7 Å². The van der Waals surface area contributed by atoms with Crippen molar-refractivity contribution in [3.05, 3.63) is 35.9 Å². The van der Waals surface area contributed by atoms with Crippen LogP contribution in [0.5, 0.6) is 0 Å². The standard InChI is InChI=1S/C23H31N3O5/c1-14(2)19(26-23(30)31-13-15-6-4-3-5-7-15)21(28)25-18-11-16-8-9-17(10-16)12-24-22(29)20(18)27/h3-7,14,16-19H,8-13H2,1-2H3,(H,24,29)(H,25,28)(H,26,30). The van der Waals surface area contributed by atoms with Crippen molar-refractivity contribution in [2.24, 2.45) is 17.8 Å². The Morgan fingerprint density at radius 3 is 2.52 bits per heavy atom. The molecule has 2 fully saturated rings. The Bertz CT molecular complexity index is 811. The molecular weight excluding hydrogens is 398 g/mol. The second-order valence-corrected chi connectivity index (χ2v) is 8.84. The number of rotatable bonds is 6. The van der Waals surface area contributed by atoms with Gasteiger partial charge in [-0.3, -0.25) is 14.4 Å². The van der Waals surface area contributed by atoms with Crippen LogP contribution >= 0.6 is 0 Å². The van der Waals surface area contributed by atoms with Crippen LogP contribution in [-0.4, -0.2) is 42.3 Å². The molecule has 3 N–H and O–H groups in total. The highest BCUT2D eigenvalue weighted by Crippen LogP contribution is 2.34. The van der Waals surface area contributed by atoms with E-state index in [-0.39, 0.29) is 12.5 Å². The van der Waals surface area contributed by atoms with E-state index in [2.05, 4.69) is 16.0 Å². The largest absolute Gasteiger partial charge is 0.445 e. The van der Waals surface area contributed by atoms with Gasteiger partial charge in [-0.1, -0.05) is 50.6 Å². The molecule has 3 rings (SSSR count). The van der Waals surface area contributed by atoms with Crippen LogP contribution in [0.3, 0.4) is 0 Å². The second kappa shape index (κ2) is 10.4. The Hall–Kier alpha value is -2.90. The third-order valence-electron chi connectivity index (χ3n) is 6.06. The quantitative estimate of drug-likeness (QED) is 0.598. The third kappa shape index (κ3) is 6.29. The van der Waals surface area contributed by atoms with Crippen LogP contribution in [0.15, 0.2) is 30.3 Å². The number of carbonyl (C=O) groups is 4. The van der Waals surface area contributed by atoms with Gasteiger partial charge in [0.1, 0.15) is 12.6 Å². The average molecular weight is 430 g/mol. The van der Waals surface area contributed by atoms with Gasteiger partial charge in [-0.05, 0) is 42.6 Å². The van der Waals surface area contributed by atoms with Gasteiger partial charge in [0.15, 0.2) is 0 Å². The normalized spacial score (nSPS) is 24.4. The predicted octanol–water partition coefficient (Wildman–Crippen LogP) is 1.93. The lowest BCUT2D eigenvalue weighted by molar-refractivity contribution is -0.140. The minimum atomic E-state index is -0.891. The van der Waals surface area contributed by atoms with Gasteiger partial charge in [0.05, 0.1) is 6.04 Å². The molecule has 4 atom stereocenters. The summed E-state index contributed by atoms with van der Waals surface area (Å²) in [5.74, 6) is -1.33. The maximum Gasteiger partial charge on any atom is 0.408 e. The fourth-order valence-electron chi connectivity index (χ4n) is 4.31. The lowest BCUT2D eigenvalue weighted by atomic mass is 9.94. The second-order valence-electron chi connectivity index (χ2n) is 8.84. The molecule has 1 aliphatic carbocycles. The van der Waals surface area contributed by atoms with Crippen molar-refractivity contribution in [1.82, 2.24) is 16.0 Å². The minimum absolute atomic E-state index is 0.0865. The van der Waals surface area contributed by atoms with Crippen LogP contribution in [0.2, 0.25) is 0 Å². The van der Waals surface area contributed by atoms with E-state index in [1.165, 1.54) is 0 Å². The molecule has 8 heteroatoms. The van der Waals surface area contributed by atoms with Gasteiger partial charge in [-0.2, -0.15) is 0 Å². The maximum atomic E-state index is 12.9. The average Bonchev–Trinajstić information content (AvgIpc) is 3.21. The number of hydrogen-bond acceptors (Lipinski definition) is 5. The summed E-state index contributed by atoms with van der Waals surface area (Å²) in [7, 11) is 0. The Balaban J connectivity index is 1.61. The third-order valence-corrected chi connectivity index (χ3v) is 6.06. The van der Waals surface area contributed by atoms with Crippen molar-refractivity contribution in [3.8, 4) is 0 Å². The monoisotopic (exact) mass is 429 g/mol. The molecule has 0 aromatic heterocycles. The van der Waals surface area contributed by atoms with E-state index in [4.69, 9.17) is 4.74 Å². The van der Waals surface area contributed by atoms with Crippen LogP contribution < -0.4 is 16.0 Å². The molecule has 1 aromatic rings. The summed E-state index contributed by atoms with van der Waals surface area (Å²) in [5.41, 5.74) is 0.834. The molecule has 1 saturated heterocycles. The van der Waals surface area contributed by atoms with Gasteiger partial charge in [0, 0.05) is 6.54 Å². The lowest BCUT2D eigenvalue weighted by Gasteiger charge is -2.25. The number of alkyl carbamates (subject to hydrolysis) is 1. The smallest absolute Gasteiger partial charge is 0.408 e. The molecule has 1 heterocycles. The Kier molecular flexibility index (Phi) is 7.65. The molecule has 8 nitrogen and oxygen atoms in total. The first-order valence-electron chi connectivity index (χ1n) is 10.9. The molecule has 1 aromatic carbocycles. The zero-order chi connectivity index (χ0) is 22.4. The van der Waals surface area contributed by atoms with Crippen LogP contribution in [0.1, 0.15) is 45.1 Å². The van der Waals surface area contributed by atoms with Crippen molar-refractivity contribution in [2.45, 2.75) is 58.2 Å². The van der Waals surface area contributed by atoms with Crippen molar-refractivity contribution in [2.75, 3.05) is 6.54 Å². The number of ether oxygens (including phenoxy) is 1. The summed E-state index contributed by atoms with van der Waals surface area (Å²) < 4.78 is 5.22. The molecule has 0 radical (unpaired) electrons. The summed E-state index contributed by atoms with van der Waals surface area (Å²) in [6.45, 7) is 4.18. The van der Waals surface area contributed by atoms with E-state index in [9.17, 15) is 19.2 Å². The highest BCUT2D eigenvalue weighted by atomic mass is 16.5. The van der Waals surface area contributed by atoms with E-state index in [0.29, 0.717) is 24.8 Å². The molecule has 1 aliphatic heterocycles. The van der Waals surface area contributed by atoms with Crippen LogP contribution in [0.25, 0.3) is 0 Å². The number of benzene rings is 1. The molecule has 2 aliphatic rings. The fourth-order valence-corrected chi connectivity index (χ4v) is 4.31. The molecule has 0 spiro atoms. The summed E-state index contributed by atoms with van der Waals surface area (Å²) in [6, 6.07) is 7.45. The Morgan fingerprint density at radius 1 is 1.10 bits per heavy atom. The van der Waals surface area contributed by atoms with Crippen molar-refractivity contribution in [1.29, 1.82) is 0 Å². The summed E-state index contributed by atoms with van der Waals surface area (Å²) >= 11 is 0. The Morgan fingerprint density at radius 2 is 1.81 bits per heavy atom. The van der Waals surface area contributed by atoms with Crippen molar-refractivity contribution < 1.29 is 23.9 Å². The van der Waals surface area contributed by atoms with E-state index in [1.54, 1.807) is 13.8 Å². The van der Waals surface area contributed by atoms with E-state index in [1.807, 2.05) is 30.3 Å². The first kappa shape index (κ1) is 22.8. The van der Waals surface area contributed by atoms with Gasteiger partial charge in [0.2, 0.25) is 11.7 Å². The number of hydrogen-bond donors (Lipinski definition) is 3. The van der Waals surface area contributed by atoms with Crippen molar-refractivity contribution in [3.63, 3.8) is 0 Å². The molecule has 31 heavy (non-hydrogen) atoms. The van der Waals surface area contributed by atoms with E-state index < -0.39 is 35.8 Å². The highest BCUT2D eigenvalue weighted by molar-refractivity contribution is 6.38. The molecule has 168 valence electrons. The zero-order valence-electron chi connectivity index (χ0n) is 18.1. The first-order chi connectivity index (χ1) is 14.8. The topological polar surface area (TPSA) is 114 Å². The molecule has 1 saturated carbocycles. The molecular formula is C23H31N3O5.